The van der Waals surface area contributed by atoms with Gasteiger partial charge in [-0.05, 0) is 231 Å². The third-order valence-electron chi connectivity index (χ3n) is 24.6. The summed E-state index contributed by atoms with van der Waals surface area (Å²) in [5.41, 5.74) is 6.32. The Morgan fingerprint density at radius 3 is 1.90 bits per heavy atom. The van der Waals surface area contributed by atoms with E-state index in [-0.39, 0.29) is 0 Å². The van der Waals surface area contributed by atoms with Crippen LogP contribution >= 0.6 is 0 Å². The number of allylic oxidation sites excluding steroid dienone is 2. The van der Waals surface area contributed by atoms with Gasteiger partial charge in [-0.2, -0.15) is 0 Å². The number of ether oxygens (including phenoxy) is 2. The molecule has 0 aromatic carbocycles. The molecule has 8 aliphatic rings. The monoisotopic (exact) mass is 813 g/mol. The van der Waals surface area contributed by atoms with Crippen LogP contribution in [0.2, 0.25) is 0 Å². The lowest BCUT2D eigenvalue weighted by Crippen LogP contribution is -2.66. The maximum absolute atomic E-state index is 7.07. The van der Waals surface area contributed by atoms with E-state index in [0.717, 1.165) is 73.6 Å². The molecule has 0 N–H and O–H groups in total. The Kier molecular flexibility index (Phi) is 11.8. The van der Waals surface area contributed by atoms with Crippen LogP contribution in [0.15, 0.2) is 24.3 Å². The fraction of sp³-hybridized carbons (Fsp3) is 0.930. The highest BCUT2D eigenvalue weighted by molar-refractivity contribution is 5.23. The van der Waals surface area contributed by atoms with E-state index in [0.29, 0.717) is 55.2 Å². The lowest BCUT2D eigenvalue weighted by molar-refractivity contribution is -0.244. The summed E-state index contributed by atoms with van der Waals surface area (Å²) in [5, 5.41) is 0. The number of unbranched alkanes of at least 4 members (excludes halogenated alkanes) is 1. The van der Waals surface area contributed by atoms with E-state index >= 15 is 0 Å². The molecule has 336 valence electrons. The first-order valence-corrected chi connectivity index (χ1v) is 26.1. The second-order valence-corrected chi connectivity index (χ2v) is 26.2. The van der Waals surface area contributed by atoms with Gasteiger partial charge >= 0.3 is 0 Å². The Balaban J connectivity index is 0.948. The molecular weight excluding hydrogens is 717 g/mol. The molecule has 17 unspecified atom stereocenters. The number of hydrogen-bond donors (Lipinski definition) is 0. The van der Waals surface area contributed by atoms with Gasteiger partial charge in [0.15, 0.2) is 0 Å². The van der Waals surface area contributed by atoms with Crippen LogP contribution in [0.25, 0.3) is 0 Å². The smallest absolute Gasteiger partial charge is 0.0525 e. The molecule has 59 heavy (non-hydrogen) atoms. The lowest BCUT2D eigenvalue weighted by atomic mass is 9.32. The first-order chi connectivity index (χ1) is 27.8. The second-order valence-electron chi connectivity index (χ2n) is 26.2. The summed E-state index contributed by atoms with van der Waals surface area (Å²) in [5.74, 6) is 7.87. The minimum atomic E-state index is 0.349. The fourth-order valence-electron chi connectivity index (χ4n) is 20.3. The zero-order chi connectivity index (χ0) is 42.6. The Hall–Kier alpha value is -0.600. The molecule has 17 atom stereocenters. The molecule has 0 amide bonds. The van der Waals surface area contributed by atoms with Crippen LogP contribution in [0.5, 0.6) is 0 Å². The van der Waals surface area contributed by atoms with E-state index in [1.807, 2.05) is 7.11 Å². The molecule has 0 spiro atoms. The van der Waals surface area contributed by atoms with Gasteiger partial charge in [0.1, 0.15) is 0 Å². The molecule has 8 rings (SSSR count). The van der Waals surface area contributed by atoms with E-state index in [1.165, 1.54) is 128 Å². The average molecular weight is 813 g/mol. The molecule has 2 nitrogen and oxygen atoms in total. The average Bonchev–Trinajstić information content (AvgIpc) is 3.77. The first kappa shape index (κ1) is 45.0. The van der Waals surface area contributed by atoms with Crippen molar-refractivity contribution in [2.45, 2.75) is 205 Å². The third kappa shape index (κ3) is 6.36. The summed E-state index contributed by atoms with van der Waals surface area (Å²) >= 11 is 0. The SMILES string of the molecule is C=C(C)C1CCC2(COC)CCC3(C)C(CCC(C)C3(C)CCCCOCC34CCC(C(=C)CC)C3C3CCC5C6(C)CCC(C)C(C)(C)C6CCC5(C)C3(C)CC4)C12. The Morgan fingerprint density at radius 1 is 0.593 bits per heavy atom. The fourth-order valence-corrected chi connectivity index (χ4v) is 20.3. The van der Waals surface area contributed by atoms with E-state index in [2.05, 4.69) is 82.7 Å². The largest absolute Gasteiger partial charge is 0.384 e. The van der Waals surface area contributed by atoms with Gasteiger partial charge in [0.25, 0.3) is 0 Å². The van der Waals surface area contributed by atoms with Gasteiger partial charge in [-0.15, -0.1) is 0 Å². The van der Waals surface area contributed by atoms with Gasteiger partial charge in [0, 0.05) is 13.7 Å². The summed E-state index contributed by atoms with van der Waals surface area (Å²) in [7, 11) is 1.95. The molecule has 0 aromatic heterocycles. The van der Waals surface area contributed by atoms with Crippen molar-refractivity contribution in [2.75, 3.05) is 26.9 Å². The molecule has 2 heteroatoms. The maximum atomic E-state index is 7.07. The van der Waals surface area contributed by atoms with Crippen molar-refractivity contribution >= 4 is 0 Å². The zero-order valence-electron chi connectivity index (χ0n) is 41.3. The highest BCUT2D eigenvalue weighted by atomic mass is 16.5. The van der Waals surface area contributed by atoms with Gasteiger partial charge in [0.05, 0.1) is 13.2 Å². The van der Waals surface area contributed by atoms with Crippen molar-refractivity contribution in [3.05, 3.63) is 24.3 Å². The highest BCUT2D eigenvalue weighted by Crippen LogP contribution is 2.78. The molecule has 8 aliphatic carbocycles. The summed E-state index contributed by atoms with van der Waals surface area (Å²) in [6.45, 7) is 41.5. The van der Waals surface area contributed by atoms with Gasteiger partial charge in [-0.1, -0.05) is 100.0 Å². The molecule has 0 radical (unpaired) electrons. The van der Waals surface area contributed by atoms with Crippen LogP contribution in [-0.4, -0.2) is 26.9 Å². The van der Waals surface area contributed by atoms with Gasteiger partial charge in [-0.3, -0.25) is 0 Å². The topological polar surface area (TPSA) is 18.5 Å². The molecule has 0 bridgehead atoms. The summed E-state index contributed by atoms with van der Waals surface area (Å²) in [4.78, 5) is 0. The van der Waals surface area contributed by atoms with Crippen molar-refractivity contribution < 1.29 is 9.47 Å². The van der Waals surface area contributed by atoms with E-state index in [9.17, 15) is 0 Å². The minimum absolute atomic E-state index is 0.349. The lowest BCUT2D eigenvalue weighted by Gasteiger charge is -2.73. The van der Waals surface area contributed by atoms with Crippen molar-refractivity contribution in [3.63, 3.8) is 0 Å². The van der Waals surface area contributed by atoms with Crippen molar-refractivity contribution in [1.29, 1.82) is 0 Å². The van der Waals surface area contributed by atoms with Gasteiger partial charge < -0.3 is 9.47 Å². The zero-order valence-corrected chi connectivity index (χ0v) is 41.3. The summed E-state index contributed by atoms with van der Waals surface area (Å²) in [6, 6.07) is 0. The van der Waals surface area contributed by atoms with E-state index in [1.54, 1.807) is 5.57 Å². The Bertz CT molecular complexity index is 1580. The van der Waals surface area contributed by atoms with Crippen molar-refractivity contribution in [2.24, 2.45) is 102 Å². The van der Waals surface area contributed by atoms with E-state index in [4.69, 9.17) is 16.1 Å². The minimum Gasteiger partial charge on any atom is -0.384 e. The predicted molar refractivity (Wildman–Crippen MR) is 250 cm³/mol. The maximum Gasteiger partial charge on any atom is 0.0525 e. The molecule has 8 saturated carbocycles. The molecule has 0 aliphatic heterocycles. The first-order valence-electron chi connectivity index (χ1n) is 26.1. The standard InChI is InChI=1S/C57H96O2/c1-15-39(4)43-24-30-57(34-32-54(12)45(49(43)57)20-21-47-51(9)27-22-40(5)50(7,8)46(51)25-28-55(47,54)13)37-59-35-17-16-26-52(10)41(6)18-19-44-48-42(38(2)3)23-29-56(48,36-58-14)33-31-53(44,52)11/h40-49H,2,4,15-37H2,1,3,5-14H3. The van der Waals surface area contributed by atoms with Crippen LogP contribution < -0.4 is 0 Å². The quantitative estimate of drug-likeness (QED) is 0.144. The van der Waals surface area contributed by atoms with Crippen LogP contribution in [0.4, 0.5) is 0 Å². The van der Waals surface area contributed by atoms with Gasteiger partial charge in [0.2, 0.25) is 0 Å². The number of methoxy groups -OCH3 is 1. The molecule has 0 heterocycles. The highest BCUT2D eigenvalue weighted by Gasteiger charge is 2.71. The Labute approximate surface area is 366 Å². The number of fused-ring (bicyclic) bond motifs is 10. The molecule has 0 aromatic rings. The summed E-state index contributed by atoms with van der Waals surface area (Å²) in [6.07, 6.45) is 27.5. The second kappa shape index (κ2) is 15.5. The van der Waals surface area contributed by atoms with Crippen LogP contribution in [0.1, 0.15) is 205 Å². The molecule has 8 fully saturated rings. The van der Waals surface area contributed by atoms with Crippen LogP contribution in [0, 0.1) is 102 Å². The normalized spacial score (nSPS) is 52.3. The van der Waals surface area contributed by atoms with Gasteiger partial charge in [-0.25, -0.2) is 0 Å². The Morgan fingerprint density at radius 2 is 1.22 bits per heavy atom. The van der Waals surface area contributed by atoms with Crippen molar-refractivity contribution in [3.8, 4) is 0 Å². The number of rotatable bonds is 12. The molecule has 0 saturated heterocycles. The van der Waals surface area contributed by atoms with Crippen molar-refractivity contribution in [1.82, 2.24) is 0 Å². The number of hydrogen-bond acceptors (Lipinski definition) is 2. The van der Waals surface area contributed by atoms with Crippen LogP contribution in [0.3, 0.4) is 0 Å². The predicted octanol–water partition coefficient (Wildman–Crippen LogP) is 15.9. The molecular formula is C57H96O2. The van der Waals surface area contributed by atoms with Crippen LogP contribution in [-0.2, 0) is 9.47 Å². The third-order valence-corrected chi connectivity index (χ3v) is 24.6. The summed E-state index contributed by atoms with van der Waals surface area (Å²) < 4.78 is 13.1. The van der Waals surface area contributed by atoms with E-state index < -0.39 is 0 Å².